The molecule has 0 saturated carbocycles. The molecule has 0 aromatic heterocycles. The highest BCUT2D eigenvalue weighted by molar-refractivity contribution is 8.17. The van der Waals surface area contributed by atoms with E-state index in [0.29, 0.717) is 4.58 Å². The van der Waals surface area contributed by atoms with Gasteiger partial charge in [0.1, 0.15) is 0 Å². The summed E-state index contributed by atoms with van der Waals surface area (Å²) in [5, 5.41) is 0. The highest BCUT2D eigenvalue weighted by atomic mass is 32.2. The minimum absolute atomic E-state index is 0.307. The third-order valence-electron chi connectivity index (χ3n) is 1.67. The van der Waals surface area contributed by atoms with Crippen LogP contribution in [0.2, 0.25) is 0 Å². The Morgan fingerprint density at radius 3 is 2.71 bits per heavy atom. The average molecular weight is 230 g/mol. The molecule has 0 unspecified atom stereocenters. The molecule has 0 spiro atoms. The number of carbonyl (C=O) groups excluding carboxylic acids is 1. The summed E-state index contributed by atoms with van der Waals surface area (Å²) >= 11 is 3.91. The molecule has 1 aliphatic rings. The lowest BCUT2D eigenvalue weighted by atomic mass is 10.4. The summed E-state index contributed by atoms with van der Waals surface area (Å²) in [4.78, 5) is 10.7. The molecule has 1 rings (SSSR count). The normalized spacial score (nSPS) is 19.2. The second kappa shape index (κ2) is 7.01. The van der Waals surface area contributed by atoms with Crippen molar-refractivity contribution in [1.29, 1.82) is 0 Å². The first-order valence-electron chi connectivity index (χ1n) is 4.49. The van der Waals surface area contributed by atoms with Gasteiger partial charge < -0.3 is 4.74 Å². The van der Waals surface area contributed by atoms with E-state index >= 15 is 0 Å². The summed E-state index contributed by atoms with van der Waals surface area (Å²) in [6.45, 7) is 0. The van der Waals surface area contributed by atoms with Crippen molar-refractivity contribution in [3.05, 3.63) is 24.3 Å². The van der Waals surface area contributed by atoms with Crippen LogP contribution in [0.1, 0.15) is 6.42 Å². The van der Waals surface area contributed by atoms with Gasteiger partial charge in [0.05, 0.1) is 11.7 Å². The fraction of sp³-hybridized carbons (Fsp3) is 0.500. The number of methoxy groups -OCH3 is 1. The molecule has 14 heavy (non-hydrogen) atoms. The third kappa shape index (κ3) is 4.77. The molecule has 1 aliphatic heterocycles. The zero-order valence-electron chi connectivity index (χ0n) is 8.14. The SMILES string of the molecule is COC(=O)/C=C/C=C/C1SCCCS1. The Morgan fingerprint density at radius 1 is 1.36 bits per heavy atom. The monoisotopic (exact) mass is 230 g/mol. The number of ether oxygens (including phenoxy) is 1. The number of esters is 1. The average Bonchev–Trinajstić information content (AvgIpc) is 2.25. The second-order valence-electron chi connectivity index (χ2n) is 2.73. The number of hydrogen-bond acceptors (Lipinski definition) is 4. The molecule has 0 aromatic rings. The molecular weight excluding hydrogens is 216 g/mol. The van der Waals surface area contributed by atoms with Crippen LogP contribution in [0.4, 0.5) is 0 Å². The molecule has 0 aliphatic carbocycles. The van der Waals surface area contributed by atoms with E-state index in [1.807, 2.05) is 29.6 Å². The Bertz CT molecular complexity index is 230. The zero-order valence-corrected chi connectivity index (χ0v) is 9.77. The quantitative estimate of drug-likeness (QED) is 0.423. The van der Waals surface area contributed by atoms with Crippen LogP contribution in [0.15, 0.2) is 24.3 Å². The van der Waals surface area contributed by atoms with Crippen molar-refractivity contribution in [2.24, 2.45) is 0 Å². The number of rotatable bonds is 3. The van der Waals surface area contributed by atoms with Gasteiger partial charge in [0.25, 0.3) is 0 Å². The first-order valence-corrected chi connectivity index (χ1v) is 6.58. The topological polar surface area (TPSA) is 26.3 Å². The Labute approximate surface area is 93.2 Å². The van der Waals surface area contributed by atoms with Gasteiger partial charge in [-0.3, -0.25) is 0 Å². The summed E-state index contributed by atoms with van der Waals surface area (Å²) < 4.78 is 5.02. The van der Waals surface area contributed by atoms with Gasteiger partial charge in [0, 0.05) is 6.08 Å². The molecule has 4 heteroatoms. The molecule has 78 valence electrons. The van der Waals surface area contributed by atoms with E-state index in [1.54, 1.807) is 6.08 Å². The molecule has 0 radical (unpaired) electrons. The predicted octanol–water partition coefficient (Wildman–Crippen LogP) is 2.47. The maximum atomic E-state index is 10.7. The molecule has 0 bridgehead atoms. The van der Waals surface area contributed by atoms with Crippen molar-refractivity contribution in [2.75, 3.05) is 18.6 Å². The Balaban J connectivity index is 2.24. The van der Waals surface area contributed by atoms with Crippen LogP contribution >= 0.6 is 23.5 Å². The van der Waals surface area contributed by atoms with Crippen molar-refractivity contribution < 1.29 is 9.53 Å². The highest BCUT2D eigenvalue weighted by Crippen LogP contribution is 2.31. The smallest absolute Gasteiger partial charge is 0.330 e. The number of thioether (sulfide) groups is 2. The van der Waals surface area contributed by atoms with E-state index in [4.69, 9.17) is 0 Å². The minimum atomic E-state index is -0.307. The van der Waals surface area contributed by atoms with Crippen LogP contribution in [0.25, 0.3) is 0 Å². The van der Waals surface area contributed by atoms with Crippen LogP contribution in [0.5, 0.6) is 0 Å². The van der Waals surface area contributed by atoms with Crippen molar-refractivity contribution in [1.82, 2.24) is 0 Å². The van der Waals surface area contributed by atoms with Gasteiger partial charge in [-0.2, -0.15) is 0 Å². The highest BCUT2D eigenvalue weighted by Gasteiger charge is 2.09. The van der Waals surface area contributed by atoms with Crippen LogP contribution < -0.4 is 0 Å². The largest absolute Gasteiger partial charge is 0.466 e. The van der Waals surface area contributed by atoms with Crippen molar-refractivity contribution >= 4 is 29.5 Å². The van der Waals surface area contributed by atoms with E-state index in [1.165, 1.54) is 31.1 Å². The molecule has 1 heterocycles. The van der Waals surface area contributed by atoms with Gasteiger partial charge in [-0.1, -0.05) is 18.2 Å². The fourth-order valence-electron chi connectivity index (χ4n) is 0.974. The Hall–Kier alpha value is -0.350. The van der Waals surface area contributed by atoms with Crippen molar-refractivity contribution in [3.8, 4) is 0 Å². The summed E-state index contributed by atoms with van der Waals surface area (Å²) in [7, 11) is 1.38. The van der Waals surface area contributed by atoms with E-state index in [2.05, 4.69) is 10.8 Å². The van der Waals surface area contributed by atoms with Gasteiger partial charge >= 0.3 is 5.97 Å². The first kappa shape index (κ1) is 11.7. The zero-order chi connectivity index (χ0) is 10.2. The van der Waals surface area contributed by atoms with Crippen molar-refractivity contribution in [3.63, 3.8) is 0 Å². The van der Waals surface area contributed by atoms with E-state index in [-0.39, 0.29) is 5.97 Å². The minimum Gasteiger partial charge on any atom is -0.466 e. The summed E-state index contributed by atoms with van der Waals surface area (Å²) in [5.41, 5.74) is 0. The molecule has 2 nitrogen and oxygen atoms in total. The summed E-state index contributed by atoms with van der Waals surface area (Å²) in [6, 6.07) is 0. The van der Waals surface area contributed by atoms with Gasteiger partial charge in [-0.05, 0) is 17.9 Å². The maximum absolute atomic E-state index is 10.7. The fourth-order valence-corrected chi connectivity index (χ4v) is 3.61. The van der Waals surface area contributed by atoms with Gasteiger partial charge in [-0.15, -0.1) is 23.5 Å². The molecule has 0 N–H and O–H groups in total. The number of allylic oxidation sites excluding steroid dienone is 2. The molecule has 1 saturated heterocycles. The lowest BCUT2D eigenvalue weighted by Crippen LogP contribution is -2.02. The molecular formula is C10H14O2S2. The molecule has 0 amide bonds. The lowest BCUT2D eigenvalue weighted by molar-refractivity contribution is -0.134. The van der Waals surface area contributed by atoms with Gasteiger partial charge in [0.2, 0.25) is 0 Å². The summed E-state index contributed by atoms with van der Waals surface area (Å²) in [6.07, 6.45) is 8.48. The van der Waals surface area contributed by atoms with Crippen LogP contribution in [-0.2, 0) is 9.53 Å². The second-order valence-corrected chi connectivity index (χ2v) is 5.53. The number of carbonyl (C=O) groups is 1. The van der Waals surface area contributed by atoms with Gasteiger partial charge in [0.15, 0.2) is 0 Å². The van der Waals surface area contributed by atoms with Gasteiger partial charge in [-0.25, -0.2) is 4.79 Å². The van der Waals surface area contributed by atoms with Crippen LogP contribution in [0.3, 0.4) is 0 Å². The summed E-state index contributed by atoms with van der Waals surface area (Å²) in [5.74, 6) is 2.17. The van der Waals surface area contributed by atoms with Crippen LogP contribution in [-0.4, -0.2) is 29.2 Å². The molecule has 1 fully saturated rings. The predicted molar refractivity (Wildman–Crippen MR) is 63.6 cm³/mol. The van der Waals surface area contributed by atoms with E-state index < -0.39 is 0 Å². The van der Waals surface area contributed by atoms with Crippen LogP contribution in [0, 0.1) is 0 Å². The Kier molecular flexibility index (Phi) is 5.87. The first-order chi connectivity index (χ1) is 6.83. The third-order valence-corrected chi connectivity index (χ3v) is 4.50. The lowest BCUT2D eigenvalue weighted by Gasteiger charge is -2.16. The maximum Gasteiger partial charge on any atom is 0.330 e. The molecule has 0 aromatic carbocycles. The standard InChI is InChI=1S/C10H14O2S2/c1-12-9(11)5-2-3-6-10-13-7-4-8-14-10/h2-3,5-6,10H,4,7-8H2,1H3/b5-2+,6-3+. The Morgan fingerprint density at radius 2 is 2.07 bits per heavy atom. The number of hydrogen-bond donors (Lipinski definition) is 0. The van der Waals surface area contributed by atoms with Crippen molar-refractivity contribution in [2.45, 2.75) is 11.0 Å². The molecule has 0 atom stereocenters. The van der Waals surface area contributed by atoms with E-state index in [0.717, 1.165) is 0 Å². The van der Waals surface area contributed by atoms with E-state index in [9.17, 15) is 4.79 Å².